The van der Waals surface area contributed by atoms with Crippen molar-refractivity contribution < 1.29 is 9.15 Å². The van der Waals surface area contributed by atoms with Gasteiger partial charge in [-0.15, -0.1) is 5.10 Å². The first kappa shape index (κ1) is 9.42. The summed E-state index contributed by atoms with van der Waals surface area (Å²) in [6.45, 7) is 3.49. The summed E-state index contributed by atoms with van der Waals surface area (Å²) < 4.78 is 10.7. The van der Waals surface area contributed by atoms with Crippen molar-refractivity contribution in [1.82, 2.24) is 10.2 Å². The minimum atomic E-state index is 0.289. The number of hydrogen-bond acceptors (Lipinski definition) is 6. The second-order valence-electron chi connectivity index (χ2n) is 3.14. The fourth-order valence-corrected chi connectivity index (χ4v) is 1.39. The lowest BCUT2D eigenvalue weighted by molar-refractivity contribution is 0.152. The molecule has 6 heteroatoms. The number of anilines is 1. The Bertz CT molecular complexity index is 281. The summed E-state index contributed by atoms with van der Waals surface area (Å²) in [6.07, 6.45) is 0.986. The van der Waals surface area contributed by atoms with Gasteiger partial charge in [0.1, 0.15) is 0 Å². The Morgan fingerprint density at radius 2 is 2.21 bits per heavy atom. The number of rotatable bonds is 2. The van der Waals surface area contributed by atoms with E-state index in [4.69, 9.17) is 14.9 Å². The lowest BCUT2D eigenvalue weighted by atomic mass is 10.4. The topological polar surface area (TPSA) is 77.4 Å². The standard InChI is InChI=1S/C8H14N4O2/c9-6-7-10-11-8(14-7)12-2-1-4-13-5-3-12/h1-6,9H2. The van der Waals surface area contributed by atoms with Gasteiger partial charge in [-0.25, -0.2) is 0 Å². The fourth-order valence-electron chi connectivity index (χ4n) is 1.39. The SMILES string of the molecule is NCc1nnc(N2CCCOCC2)o1. The zero-order chi connectivity index (χ0) is 9.80. The Hall–Kier alpha value is -1.14. The smallest absolute Gasteiger partial charge is 0.318 e. The van der Waals surface area contributed by atoms with Crippen molar-refractivity contribution in [2.75, 3.05) is 31.2 Å². The molecule has 6 nitrogen and oxygen atoms in total. The molecule has 1 saturated heterocycles. The minimum absolute atomic E-state index is 0.289. The van der Waals surface area contributed by atoms with Crippen LogP contribution < -0.4 is 10.6 Å². The number of ether oxygens (including phenoxy) is 1. The van der Waals surface area contributed by atoms with Crippen LogP contribution in [0.3, 0.4) is 0 Å². The van der Waals surface area contributed by atoms with Gasteiger partial charge in [-0.2, -0.15) is 0 Å². The van der Waals surface area contributed by atoms with Crippen LogP contribution in [0.5, 0.6) is 0 Å². The maximum Gasteiger partial charge on any atom is 0.318 e. The number of nitrogens with two attached hydrogens (primary N) is 1. The minimum Gasteiger partial charge on any atom is -0.407 e. The Balaban J connectivity index is 2.04. The van der Waals surface area contributed by atoms with E-state index in [1.54, 1.807) is 0 Å². The van der Waals surface area contributed by atoms with Gasteiger partial charge in [-0.3, -0.25) is 0 Å². The molecule has 0 atom stereocenters. The van der Waals surface area contributed by atoms with Crippen molar-refractivity contribution in [3.8, 4) is 0 Å². The van der Waals surface area contributed by atoms with Gasteiger partial charge in [0.25, 0.3) is 0 Å². The summed E-state index contributed by atoms with van der Waals surface area (Å²) in [5.41, 5.74) is 5.38. The Kier molecular flexibility index (Phi) is 2.95. The summed E-state index contributed by atoms with van der Waals surface area (Å²) in [5.74, 6) is 0.477. The van der Waals surface area contributed by atoms with Crippen LogP contribution in [0.15, 0.2) is 4.42 Å². The van der Waals surface area contributed by atoms with E-state index in [0.717, 1.165) is 26.1 Å². The van der Waals surface area contributed by atoms with Gasteiger partial charge in [-0.05, 0) is 6.42 Å². The van der Waals surface area contributed by atoms with Crippen molar-refractivity contribution in [1.29, 1.82) is 0 Å². The largest absolute Gasteiger partial charge is 0.407 e. The van der Waals surface area contributed by atoms with E-state index in [2.05, 4.69) is 10.2 Å². The molecule has 78 valence electrons. The first-order valence-corrected chi connectivity index (χ1v) is 4.75. The van der Waals surface area contributed by atoms with Gasteiger partial charge in [0.15, 0.2) is 0 Å². The molecule has 0 aromatic carbocycles. The van der Waals surface area contributed by atoms with Crippen LogP contribution in [-0.4, -0.2) is 36.5 Å². The zero-order valence-electron chi connectivity index (χ0n) is 7.98. The Morgan fingerprint density at radius 3 is 3.00 bits per heavy atom. The van der Waals surface area contributed by atoms with Gasteiger partial charge in [0, 0.05) is 19.7 Å². The van der Waals surface area contributed by atoms with Crippen molar-refractivity contribution in [3.63, 3.8) is 0 Å². The van der Waals surface area contributed by atoms with Gasteiger partial charge in [0.2, 0.25) is 5.89 Å². The third-order valence-corrected chi connectivity index (χ3v) is 2.12. The molecule has 0 bridgehead atoms. The molecular weight excluding hydrogens is 184 g/mol. The van der Waals surface area contributed by atoms with Crippen LogP contribution >= 0.6 is 0 Å². The molecule has 0 amide bonds. The van der Waals surface area contributed by atoms with Crippen LogP contribution in [0.2, 0.25) is 0 Å². The average molecular weight is 198 g/mol. The molecule has 1 aromatic rings. The van der Waals surface area contributed by atoms with Crippen LogP contribution in [0.1, 0.15) is 12.3 Å². The highest BCUT2D eigenvalue weighted by Gasteiger charge is 2.15. The zero-order valence-corrected chi connectivity index (χ0v) is 7.98. The second kappa shape index (κ2) is 4.39. The maximum atomic E-state index is 5.38. The lowest BCUT2D eigenvalue weighted by Gasteiger charge is -2.15. The number of aromatic nitrogens is 2. The number of nitrogens with zero attached hydrogens (tertiary/aromatic N) is 3. The van der Waals surface area contributed by atoms with E-state index in [-0.39, 0.29) is 6.54 Å². The number of hydrogen-bond donors (Lipinski definition) is 1. The first-order valence-electron chi connectivity index (χ1n) is 4.75. The molecule has 2 rings (SSSR count). The van der Waals surface area contributed by atoms with Gasteiger partial charge in [-0.1, -0.05) is 5.10 Å². The van der Waals surface area contributed by atoms with Crippen LogP contribution in [0.25, 0.3) is 0 Å². The molecule has 1 fully saturated rings. The summed E-state index contributed by atoms with van der Waals surface area (Å²) in [6, 6.07) is 0.552. The Labute approximate surface area is 82.0 Å². The highest BCUT2D eigenvalue weighted by molar-refractivity contribution is 5.23. The quantitative estimate of drug-likeness (QED) is 0.706. The third-order valence-electron chi connectivity index (χ3n) is 2.12. The Morgan fingerprint density at radius 1 is 1.29 bits per heavy atom. The predicted molar refractivity (Wildman–Crippen MR) is 49.8 cm³/mol. The van der Waals surface area contributed by atoms with Gasteiger partial charge >= 0.3 is 6.01 Å². The van der Waals surface area contributed by atoms with E-state index in [9.17, 15) is 0 Å². The maximum absolute atomic E-state index is 5.38. The summed E-state index contributed by atoms with van der Waals surface area (Å²) in [5, 5.41) is 7.74. The molecule has 2 heterocycles. The molecule has 0 aliphatic carbocycles. The second-order valence-corrected chi connectivity index (χ2v) is 3.14. The van der Waals surface area contributed by atoms with Gasteiger partial charge in [0.05, 0.1) is 13.2 Å². The molecular formula is C8H14N4O2. The highest BCUT2D eigenvalue weighted by atomic mass is 16.5. The molecule has 1 aromatic heterocycles. The van der Waals surface area contributed by atoms with E-state index >= 15 is 0 Å². The van der Waals surface area contributed by atoms with Crippen molar-refractivity contribution in [2.24, 2.45) is 5.73 Å². The van der Waals surface area contributed by atoms with Crippen molar-refractivity contribution in [2.45, 2.75) is 13.0 Å². The third kappa shape index (κ3) is 2.02. The molecule has 2 N–H and O–H groups in total. The monoisotopic (exact) mass is 198 g/mol. The summed E-state index contributed by atoms with van der Waals surface area (Å²) in [7, 11) is 0. The van der Waals surface area contributed by atoms with E-state index < -0.39 is 0 Å². The normalized spacial score (nSPS) is 18.2. The van der Waals surface area contributed by atoms with E-state index in [1.807, 2.05) is 4.90 Å². The molecule has 14 heavy (non-hydrogen) atoms. The predicted octanol–water partition coefficient (Wildman–Crippen LogP) is -0.245. The molecule has 0 saturated carbocycles. The van der Waals surface area contributed by atoms with Gasteiger partial charge < -0.3 is 19.8 Å². The molecule has 0 spiro atoms. The van der Waals surface area contributed by atoms with E-state index in [0.29, 0.717) is 18.5 Å². The lowest BCUT2D eigenvalue weighted by Crippen LogP contribution is -2.26. The first-order chi connectivity index (χ1) is 6.90. The van der Waals surface area contributed by atoms with Crippen LogP contribution in [0, 0.1) is 0 Å². The molecule has 0 radical (unpaired) electrons. The molecule has 1 aliphatic heterocycles. The van der Waals surface area contributed by atoms with Crippen LogP contribution in [-0.2, 0) is 11.3 Å². The average Bonchev–Trinajstić information content (AvgIpc) is 2.53. The van der Waals surface area contributed by atoms with Crippen LogP contribution in [0.4, 0.5) is 6.01 Å². The van der Waals surface area contributed by atoms with Crippen molar-refractivity contribution in [3.05, 3.63) is 5.89 Å². The van der Waals surface area contributed by atoms with Crippen molar-refractivity contribution >= 4 is 6.01 Å². The molecule has 1 aliphatic rings. The highest BCUT2D eigenvalue weighted by Crippen LogP contribution is 2.13. The summed E-state index contributed by atoms with van der Waals surface area (Å²) in [4.78, 5) is 2.03. The summed E-state index contributed by atoms with van der Waals surface area (Å²) >= 11 is 0. The van der Waals surface area contributed by atoms with E-state index in [1.165, 1.54) is 0 Å². The molecule has 0 unspecified atom stereocenters. The fraction of sp³-hybridized carbons (Fsp3) is 0.750.